The van der Waals surface area contributed by atoms with Crippen molar-refractivity contribution in [1.82, 2.24) is 4.90 Å². The number of nitrogens with two attached hydrogens (primary N) is 1. The van der Waals surface area contributed by atoms with Crippen molar-refractivity contribution in [1.29, 1.82) is 0 Å². The van der Waals surface area contributed by atoms with Crippen LogP contribution in [0, 0.1) is 29.6 Å². The van der Waals surface area contributed by atoms with E-state index in [1.807, 2.05) is 4.90 Å². The Bertz CT molecular complexity index is 393. The lowest BCUT2D eigenvalue weighted by Crippen LogP contribution is -2.54. The molecule has 0 heterocycles. The van der Waals surface area contributed by atoms with Gasteiger partial charge in [0.05, 0.1) is 11.5 Å². The number of amides is 1. The Morgan fingerprint density at radius 1 is 1.15 bits per heavy atom. The van der Waals surface area contributed by atoms with Crippen molar-refractivity contribution in [2.24, 2.45) is 35.3 Å². The molecule has 0 atom stereocenters. The monoisotopic (exact) mass is 294 g/mol. The van der Waals surface area contributed by atoms with Crippen LogP contribution in [0.4, 0.5) is 0 Å². The van der Waals surface area contributed by atoms with E-state index in [9.17, 15) is 4.79 Å². The van der Waals surface area contributed by atoms with Gasteiger partial charge in [0.1, 0.15) is 0 Å². The zero-order valence-electron chi connectivity index (χ0n) is 12.5. The zero-order chi connectivity index (χ0) is 14.4. The van der Waals surface area contributed by atoms with E-state index < -0.39 is 0 Å². The van der Waals surface area contributed by atoms with Crippen LogP contribution in [0.5, 0.6) is 0 Å². The van der Waals surface area contributed by atoms with Gasteiger partial charge in [0.25, 0.3) is 0 Å². The molecule has 20 heavy (non-hydrogen) atoms. The average molecular weight is 294 g/mol. The van der Waals surface area contributed by atoms with Gasteiger partial charge in [-0.25, -0.2) is 0 Å². The maximum Gasteiger partial charge on any atom is 0.226 e. The third kappa shape index (κ3) is 2.47. The summed E-state index contributed by atoms with van der Waals surface area (Å²) in [6, 6.07) is 0.182. The first-order chi connectivity index (χ1) is 9.45. The first kappa shape index (κ1) is 14.3. The first-order valence-corrected chi connectivity index (χ1v) is 8.45. The van der Waals surface area contributed by atoms with Crippen molar-refractivity contribution in [3.05, 3.63) is 0 Å². The number of thiocarbonyl (C=S) groups is 1. The van der Waals surface area contributed by atoms with Crippen LogP contribution in [-0.2, 0) is 4.79 Å². The summed E-state index contributed by atoms with van der Waals surface area (Å²) in [6.45, 7) is 4.56. The summed E-state index contributed by atoms with van der Waals surface area (Å²) in [7, 11) is 0. The predicted octanol–water partition coefficient (Wildman–Crippen LogP) is 2.58. The molecule has 2 N–H and O–H groups in total. The molecule has 0 spiro atoms. The largest absolute Gasteiger partial charge is 0.392 e. The molecule has 0 aromatic carbocycles. The summed E-state index contributed by atoms with van der Waals surface area (Å²) in [6.07, 6.45) is 6.55. The van der Waals surface area contributed by atoms with Crippen molar-refractivity contribution in [2.75, 3.05) is 6.54 Å². The van der Waals surface area contributed by atoms with Gasteiger partial charge in [0, 0.05) is 12.0 Å². The van der Waals surface area contributed by atoms with Crippen LogP contribution >= 0.6 is 12.2 Å². The summed E-state index contributed by atoms with van der Waals surface area (Å²) in [5, 5.41) is 0. The van der Waals surface area contributed by atoms with Gasteiger partial charge in [-0.05, 0) is 69.6 Å². The molecule has 3 nitrogen and oxygen atoms in total. The number of rotatable bonds is 4. The van der Waals surface area contributed by atoms with Gasteiger partial charge in [-0.1, -0.05) is 12.2 Å². The Kier molecular flexibility index (Phi) is 3.78. The molecule has 0 radical (unpaired) electrons. The fourth-order valence-corrected chi connectivity index (χ4v) is 5.34. The summed E-state index contributed by atoms with van der Waals surface area (Å²) in [5.41, 5.74) is 5.68. The smallest absolute Gasteiger partial charge is 0.226 e. The highest BCUT2D eigenvalue weighted by molar-refractivity contribution is 7.80. The molecule has 4 bridgehead atoms. The van der Waals surface area contributed by atoms with Crippen LogP contribution in [0.3, 0.4) is 0 Å². The van der Waals surface area contributed by atoms with Crippen LogP contribution in [0.25, 0.3) is 0 Å². The van der Waals surface area contributed by atoms with Gasteiger partial charge in [0.15, 0.2) is 0 Å². The van der Waals surface area contributed by atoms with Crippen molar-refractivity contribution < 1.29 is 4.79 Å². The number of carbonyl (C=O) groups excluding carboxylic acids is 1. The van der Waals surface area contributed by atoms with E-state index in [1.165, 1.54) is 32.1 Å². The standard InChI is InChI=1S/C16H26N2OS/c1-9(2)18(8-14(17)20)16(19)15-12-4-10-3-11(6-12)7-13(15)5-10/h9-13,15H,3-8H2,1-2H3,(H2,17,20). The van der Waals surface area contributed by atoms with Crippen LogP contribution in [-0.4, -0.2) is 28.4 Å². The van der Waals surface area contributed by atoms with Crippen LogP contribution in [0.15, 0.2) is 0 Å². The van der Waals surface area contributed by atoms with E-state index in [1.54, 1.807) is 0 Å². The molecular weight excluding hydrogens is 268 g/mol. The predicted molar refractivity (Wildman–Crippen MR) is 84.2 cm³/mol. The van der Waals surface area contributed by atoms with E-state index in [2.05, 4.69) is 13.8 Å². The highest BCUT2D eigenvalue weighted by atomic mass is 32.1. The molecule has 4 aliphatic carbocycles. The molecule has 112 valence electrons. The molecule has 0 unspecified atom stereocenters. The second-order valence-corrected chi connectivity index (χ2v) is 8.01. The minimum Gasteiger partial charge on any atom is -0.392 e. The fourth-order valence-electron chi connectivity index (χ4n) is 5.20. The zero-order valence-corrected chi connectivity index (χ0v) is 13.4. The molecule has 4 rings (SSSR count). The lowest BCUT2D eigenvalue weighted by atomic mass is 9.51. The van der Waals surface area contributed by atoms with Gasteiger partial charge in [0.2, 0.25) is 5.91 Å². The van der Waals surface area contributed by atoms with E-state index in [0.717, 1.165) is 11.8 Å². The van der Waals surface area contributed by atoms with Crippen molar-refractivity contribution in [2.45, 2.75) is 52.0 Å². The average Bonchev–Trinajstić information content (AvgIpc) is 2.33. The molecule has 4 aliphatic rings. The summed E-state index contributed by atoms with van der Waals surface area (Å²) < 4.78 is 0. The molecule has 4 saturated carbocycles. The molecule has 0 saturated heterocycles. The lowest BCUT2D eigenvalue weighted by Gasteiger charge is -2.54. The molecule has 0 aromatic heterocycles. The van der Waals surface area contributed by atoms with Crippen LogP contribution in [0.2, 0.25) is 0 Å². The number of carbonyl (C=O) groups is 1. The van der Waals surface area contributed by atoms with E-state index in [4.69, 9.17) is 18.0 Å². The molecular formula is C16H26N2OS. The number of hydrogen-bond acceptors (Lipinski definition) is 2. The summed E-state index contributed by atoms with van der Waals surface area (Å²) >= 11 is 5.02. The maximum atomic E-state index is 13.0. The summed E-state index contributed by atoms with van der Waals surface area (Å²) in [4.78, 5) is 15.4. The second-order valence-electron chi connectivity index (χ2n) is 7.48. The third-order valence-electron chi connectivity index (χ3n) is 5.74. The SMILES string of the molecule is CC(C)N(CC(N)=S)C(=O)C1C2CC3CC(C2)CC1C3. The Morgan fingerprint density at radius 3 is 2.05 bits per heavy atom. The molecule has 4 heteroatoms. The van der Waals surface area contributed by atoms with E-state index >= 15 is 0 Å². The fraction of sp³-hybridized carbons (Fsp3) is 0.875. The highest BCUT2D eigenvalue weighted by Gasteiger charge is 2.51. The molecule has 1 amide bonds. The molecule has 0 aliphatic heterocycles. The Labute approximate surface area is 127 Å². The maximum absolute atomic E-state index is 13.0. The summed E-state index contributed by atoms with van der Waals surface area (Å²) in [5.74, 6) is 3.65. The second kappa shape index (κ2) is 5.28. The van der Waals surface area contributed by atoms with Crippen molar-refractivity contribution >= 4 is 23.1 Å². The Balaban J connectivity index is 1.77. The van der Waals surface area contributed by atoms with Crippen molar-refractivity contribution in [3.63, 3.8) is 0 Å². The van der Waals surface area contributed by atoms with E-state index in [-0.39, 0.29) is 12.0 Å². The normalized spacial score (nSPS) is 38.2. The van der Waals surface area contributed by atoms with Gasteiger partial charge >= 0.3 is 0 Å². The quantitative estimate of drug-likeness (QED) is 0.811. The third-order valence-corrected chi connectivity index (χ3v) is 5.87. The minimum atomic E-state index is 0.182. The van der Waals surface area contributed by atoms with Gasteiger partial charge in [-0.15, -0.1) is 0 Å². The van der Waals surface area contributed by atoms with Gasteiger partial charge < -0.3 is 10.6 Å². The highest BCUT2D eigenvalue weighted by Crippen LogP contribution is 2.56. The van der Waals surface area contributed by atoms with Crippen LogP contribution < -0.4 is 5.73 Å². The Hall–Kier alpha value is -0.640. The van der Waals surface area contributed by atoms with Gasteiger partial charge in [-0.3, -0.25) is 4.79 Å². The minimum absolute atomic E-state index is 0.182. The first-order valence-electron chi connectivity index (χ1n) is 8.04. The number of nitrogens with zero attached hydrogens (tertiary/aromatic N) is 1. The van der Waals surface area contributed by atoms with Crippen molar-refractivity contribution in [3.8, 4) is 0 Å². The number of hydrogen-bond donors (Lipinski definition) is 1. The van der Waals surface area contributed by atoms with E-state index in [0.29, 0.717) is 29.3 Å². The van der Waals surface area contributed by atoms with Crippen LogP contribution in [0.1, 0.15) is 46.0 Å². The molecule has 0 aromatic rings. The topological polar surface area (TPSA) is 46.3 Å². The molecule has 4 fully saturated rings. The van der Waals surface area contributed by atoms with Gasteiger partial charge in [-0.2, -0.15) is 0 Å². The Morgan fingerprint density at radius 2 is 1.65 bits per heavy atom. The lowest BCUT2D eigenvalue weighted by molar-refractivity contribution is -0.149.